The van der Waals surface area contributed by atoms with Crippen molar-refractivity contribution in [3.63, 3.8) is 0 Å². The molecule has 4 atom stereocenters. The molecule has 0 aliphatic carbocycles. The summed E-state index contributed by atoms with van der Waals surface area (Å²) in [6.07, 6.45) is 0.942. The maximum atomic E-state index is 12.6. The van der Waals surface area contributed by atoms with Crippen molar-refractivity contribution in [3.8, 4) is 0 Å². The Balaban J connectivity index is 1.99. The molecule has 2 rings (SSSR count). The van der Waals surface area contributed by atoms with E-state index in [2.05, 4.69) is 20.9 Å². The number of H-pyrrole nitrogens is 1. The third-order valence-electron chi connectivity index (χ3n) is 5.01. The lowest BCUT2D eigenvalue weighted by atomic mass is 10.0. The fourth-order valence-electron chi connectivity index (χ4n) is 3.15. The van der Waals surface area contributed by atoms with Gasteiger partial charge in [-0.1, -0.05) is 18.2 Å². The number of carboxylic acids is 2. The van der Waals surface area contributed by atoms with E-state index in [-0.39, 0.29) is 6.42 Å². The Morgan fingerprint density at radius 3 is 2.24 bits per heavy atom. The zero-order chi connectivity index (χ0) is 25.4. The molecular weight excluding hydrogens is 450 g/mol. The van der Waals surface area contributed by atoms with E-state index in [0.717, 1.165) is 10.9 Å². The molecule has 0 aliphatic heterocycles. The monoisotopic (exact) mass is 477 g/mol. The number of hydrogen-bond acceptors (Lipinski definition) is 7. The van der Waals surface area contributed by atoms with Crippen LogP contribution in [0.15, 0.2) is 30.5 Å². The first-order valence-corrected chi connectivity index (χ1v) is 10.3. The number of aliphatic hydroxyl groups excluding tert-OH is 1. The van der Waals surface area contributed by atoms with Crippen LogP contribution >= 0.6 is 0 Å². The van der Waals surface area contributed by atoms with Crippen molar-refractivity contribution in [1.82, 2.24) is 20.9 Å². The van der Waals surface area contributed by atoms with Gasteiger partial charge in [-0.25, -0.2) is 4.79 Å². The molecule has 9 N–H and O–H groups in total. The van der Waals surface area contributed by atoms with E-state index in [1.165, 1.54) is 6.92 Å². The lowest BCUT2D eigenvalue weighted by molar-refractivity contribution is -0.142. The summed E-state index contributed by atoms with van der Waals surface area (Å²) in [7, 11) is 0. The molecule has 0 bridgehead atoms. The topological polar surface area (TPSA) is 224 Å². The van der Waals surface area contributed by atoms with Crippen LogP contribution in [0.25, 0.3) is 10.9 Å². The molecular formula is C21H27N5O8. The molecule has 0 spiro atoms. The number of benzene rings is 1. The fraction of sp³-hybridized carbons (Fsp3) is 0.381. The van der Waals surface area contributed by atoms with Gasteiger partial charge >= 0.3 is 11.9 Å². The first-order valence-electron chi connectivity index (χ1n) is 10.3. The van der Waals surface area contributed by atoms with Crippen molar-refractivity contribution in [2.75, 3.05) is 6.61 Å². The maximum absolute atomic E-state index is 12.6. The molecule has 0 fully saturated rings. The number of fused-ring (bicyclic) bond motifs is 1. The Bertz CT molecular complexity index is 1070. The average Bonchev–Trinajstić information content (AvgIpc) is 3.18. The molecule has 2 aromatic rings. The molecule has 13 heteroatoms. The molecule has 0 saturated carbocycles. The van der Waals surface area contributed by atoms with Crippen LogP contribution in [0.4, 0.5) is 0 Å². The zero-order valence-electron chi connectivity index (χ0n) is 18.3. The van der Waals surface area contributed by atoms with Crippen LogP contribution < -0.4 is 21.7 Å². The number of carboxylic acid groups (broad SMARTS) is 2. The van der Waals surface area contributed by atoms with Gasteiger partial charge in [-0.2, -0.15) is 0 Å². The number of para-hydroxylation sites is 1. The second kappa shape index (κ2) is 11.8. The first-order chi connectivity index (χ1) is 16.0. The quantitative estimate of drug-likeness (QED) is 0.170. The number of amides is 3. The van der Waals surface area contributed by atoms with Crippen LogP contribution in [0, 0.1) is 0 Å². The van der Waals surface area contributed by atoms with Gasteiger partial charge < -0.3 is 42.0 Å². The number of nitrogens with one attached hydrogen (secondary N) is 4. The zero-order valence-corrected chi connectivity index (χ0v) is 18.3. The Morgan fingerprint density at radius 1 is 0.971 bits per heavy atom. The highest BCUT2D eigenvalue weighted by Gasteiger charge is 2.29. The molecule has 0 aliphatic rings. The summed E-state index contributed by atoms with van der Waals surface area (Å²) >= 11 is 0. The molecule has 3 amide bonds. The van der Waals surface area contributed by atoms with Crippen molar-refractivity contribution < 1.29 is 39.3 Å². The number of aliphatic hydroxyl groups is 1. The minimum Gasteiger partial charge on any atom is -0.481 e. The second-order valence-corrected chi connectivity index (χ2v) is 7.64. The van der Waals surface area contributed by atoms with E-state index in [1.807, 2.05) is 12.1 Å². The molecule has 34 heavy (non-hydrogen) atoms. The van der Waals surface area contributed by atoms with Crippen LogP contribution in [0.1, 0.15) is 18.9 Å². The first kappa shape index (κ1) is 26.3. The van der Waals surface area contributed by atoms with Gasteiger partial charge in [0.1, 0.15) is 18.1 Å². The van der Waals surface area contributed by atoms with Crippen LogP contribution in [0.5, 0.6) is 0 Å². The highest BCUT2D eigenvalue weighted by molar-refractivity contribution is 5.94. The number of nitrogens with two attached hydrogens (primary N) is 1. The Hall–Kier alpha value is -3.97. The fourth-order valence-corrected chi connectivity index (χ4v) is 3.15. The largest absolute Gasteiger partial charge is 0.481 e. The van der Waals surface area contributed by atoms with Crippen molar-refractivity contribution in [2.24, 2.45) is 5.73 Å². The summed E-state index contributed by atoms with van der Waals surface area (Å²) in [5.74, 6) is -5.30. The summed E-state index contributed by atoms with van der Waals surface area (Å²) in [6, 6.07) is 1.79. The molecule has 0 saturated heterocycles. The van der Waals surface area contributed by atoms with Crippen molar-refractivity contribution in [3.05, 3.63) is 36.0 Å². The van der Waals surface area contributed by atoms with E-state index in [0.29, 0.717) is 5.56 Å². The van der Waals surface area contributed by atoms with Crippen LogP contribution in [0.2, 0.25) is 0 Å². The Morgan fingerprint density at radius 2 is 1.62 bits per heavy atom. The minimum absolute atomic E-state index is 0.0505. The van der Waals surface area contributed by atoms with E-state index >= 15 is 0 Å². The predicted molar refractivity (Wildman–Crippen MR) is 118 cm³/mol. The SMILES string of the molecule is CC(NC(=O)C(N)CC(=O)O)C(=O)NC(CO)C(=O)NC(Cc1c[nH]c2ccccc12)C(=O)O. The predicted octanol–water partition coefficient (Wildman–Crippen LogP) is -1.94. The van der Waals surface area contributed by atoms with Crippen LogP contribution in [-0.4, -0.2) is 80.7 Å². The van der Waals surface area contributed by atoms with Gasteiger partial charge in [-0.3, -0.25) is 19.2 Å². The maximum Gasteiger partial charge on any atom is 0.326 e. The molecule has 13 nitrogen and oxygen atoms in total. The van der Waals surface area contributed by atoms with Crippen LogP contribution in [0.3, 0.4) is 0 Å². The summed E-state index contributed by atoms with van der Waals surface area (Å²) < 4.78 is 0. The highest BCUT2D eigenvalue weighted by atomic mass is 16.4. The molecule has 184 valence electrons. The number of hydrogen-bond donors (Lipinski definition) is 8. The van der Waals surface area contributed by atoms with E-state index < -0.39 is 66.9 Å². The smallest absolute Gasteiger partial charge is 0.326 e. The van der Waals surface area contributed by atoms with Crippen molar-refractivity contribution in [1.29, 1.82) is 0 Å². The number of aromatic nitrogens is 1. The molecule has 1 heterocycles. The summed E-state index contributed by atoms with van der Waals surface area (Å²) in [5.41, 5.74) is 6.88. The standard InChI is InChI=1S/C21H27N5O8/c1-10(24-19(31)13(22)7-17(28)29)18(30)26-16(9-27)20(32)25-15(21(33)34)6-11-8-23-14-5-3-2-4-12(11)14/h2-5,8,10,13,15-16,23,27H,6-7,9,22H2,1H3,(H,24,31)(H,25,32)(H,26,30)(H,28,29)(H,33,34). The average molecular weight is 477 g/mol. The van der Waals surface area contributed by atoms with Gasteiger partial charge in [-0.15, -0.1) is 0 Å². The number of aliphatic carboxylic acids is 2. The van der Waals surface area contributed by atoms with Crippen molar-refractivity contribution >= 4 is 40.6 Å². The lowest BCUT2D eigenvalue weighted by Gasteiger charge is -2.22. The third kappa shape index (κ3) is 7.02. The van der Waals surface area contributed by atoms with E-state index in [4.69, 9.17) is 10.8 Å². The number of carbonyl (C=O) groups excluding carboxylic acids is 3. The third-order valence-corrected chi connectivity index (χ3v) is 5.01. The molecule has 1 aromatic heterocycles. The summed E-state index contributed by atoms with van der Waals surface area (Å²) in [4.78, 5) is 62.1. The summed E-state index contributed by atoms with van der Waals surface area (Å²) in [6.45, 7) is 0.431. The number of rotatable bonds is 12. The van der Waals surface area contributed by atoms with Gasteiger partial charge in [0.15, 0.2) is 0 Å². The molecule has 4 unspecified atom stereocenters. The second-order valence-electron chi connectivity index (χ2n) is 7.64. The Labute approximate surface area is 193 Å². The van der Waals surface area contributed by atoms with Crippen LogP contribution in [-0.2, 0) is 30.4 Å². The van der Waals surface area contributed by atoms with E-state index in [1.54, 1.807) is 18.3 Å². The Kier molecular flexibility index (Phi) is 9.10. The lowest BCUT2D eigenvalue weighted by Crippen LogP contribution is -2.57. The van der Waals surface area contributed by atoms with E-state index in [9.17, 15) is 34.2 Å². The van der Waals surface area contributed by atoms with Gasteiger partial charge in [0, 0.05) is 23.5 Å². The van der Waals surface area contributed by atoms with Gasteiger partial charge in [0.05, 0.1) is 19.1 Å². The van der Waals surface area contributed by atoms with Gasteiger partial charge in [0.25, 0.3) is 0 Å². The minimum atomic E-state index is -1.50. The molecule has 0 radical (unpaired) electrons. The molecule has 1 aromatic carbocycles. The normalized spacial score (nSPS) is 14.4. The highest BCUT2D eigenvalue weighted by Crippen LogP contribution is 2.19. The van der Waals surface area contributed by atoms with Crippen molar-refractivity contribution in [2.45, 2.75) is 43.9 Å². The number of aromatic amines is 1. The summed E-state index contributed by atoms with van der Waals surface area (Å²) in [5, 5.41) is 35.3. The van der Waals surface area contributed by atoms with Gasteiger partial charge in [0.2, 0.25) is 17.7 Å². The number of carbonyl (C=O) groups is 5. The van der Waals surface area contributed by atoms with Gasteiger partial charge in [-0.05, 0) is 18.6 Å².